The summed E-state index contributed by atoms with van der Waals surface area (Å²) in [7, 11) is 0. The fourth-order valence-electron chi connectivity index (χ4n) is 4.00. The number of hydrogen-bond donors (Lipinski definition) is 3. The number of rotatable bonds is 6. The molecule has 2 amide bonds. The van der Waals surface area contributed by atoms with E-state index in [-0.39, 0.29) is 24.2 Å². The molecular formula is C18H23N3O3S. The van der Waals surface area contributed by atoms with Crippen LogP contribution in [0.5, 0.6) is 0 Å². The minimum absolute atomic E-state index is 0.0402. The number of anilines is 1. The first kappa shape index (κ1) is 16.6. The van der Waals surface area contributed by atoms with E-state index >= 15 is 0 Å². The molecule has 0 aromatic carbocycles. The standard InChI is InChI=1S/C18H23N3O3S/c19-12(22)8-18(7-9-1-2-9)6-5-11-13(17(24)21-10-3-4-10)16(20)25-14(11)15(18)23/h9-10H,1-8,20H2,(H2,19,22)(H,21,24). The second kappa shape index (κ2) is 5.83. The predicted octanol–water partition coefficient (Wildman–Crippen LogP) is 2.01. The van der Waals surface area contributed by atoms with Gasteiger partial charge in [-0.3, -0.25) is 14.4 Å². The zero-order valence-electron chi connectivity index (χ0n) is 14.1. The Balaban J connectivity index is 1.67. The Labute approximate surface area is 150 Å². The third kappa shape index (κ3) is 3.05. The molecule has 2 fully saturated rings. The van der Waals surface area contributed by atoms with Crippen molar-refractivity contribution in [1.29, 1.82) is 0 Å². The van der Waals surface area contributed by atoms with Gasteiger partial charge in [0.1, 0.15) is 0 Å². The van der Waals surface area contributed by atoms with E-state index in [1.165, 1.54) is 11.3 Å². The van der Waals surface area contributed by atoms with Gasteiger partial charge in [0.25, 0.3) is 5.91 Å². The lowest BCUT2D eigenvalue weighted by atomic mass is 9.67. The normalized spacial score (nSPS) is 25.5. The Morgan fingerprint density at radius 1 is 1.24 bits per heavy atom. The van der Waals surface area contributed by atoms with Crippen LogP contribution in [-0.4, -0.2) is 23.6 Å². The van der Waals surface area contributed by atoms with E-state index in [9.17, 15) is 14.4 Å². The van der Waals surface area contributed by atoms with E-state index in [2.05, 4.69) is 5.32 Å². The number of primary amides is 1. The second-order valence-electron chi connectivity index (χ2n) is 7.80. The summed E-state index contributed by atoms with van der Waals surface area (Å²) < 4.78 is 0. The number of Topliss-reactive ketones (excluding diaryl/α,β-unsaturated/α-hetero) is 1. The van der Waals surface area contributed by atoms with Crippen molar-refractivity contribution < 1.29 is 14.4 Å². The second-order valence-corrected chi connectivity index (χ2v) is 8.85. The van der Waals surface area contributed by atoms with E-state index in [1.807, 2.05) is 0 Å². The molecule has 5 N–H and O–H groups in total. The van der Waals surface area contributed by atoms with Gasteiger partial charge in [0.05, 0.1) is 15.4 Å². The Bertz CT molecular complexity index is 764. The molecule has 3 aliphatic carbocycles. The molecule has 0 saturated heterocycles. The van der Waals surface area contributed by atoms with E-state index in [1.54, 1.807) is 0 Å². The van der Waals surface area contributed by atoms with Gasteiger partial charge in [-0.05, 0) is 43.6 Å². The lowest BCUT2D eigenvalue weighted by molar-refractivity contribution is -0.120. The number of nitrogen functional groups attached to an aromatic ring is 1. The number of carbonyl (C=O) groups excluding carboxylic acids is 3. The first-order valence-corrected chi connectivity index (χ1v) is 9.76. The highest BCUT2D eigenvalue weighted by Crippen LogP contribution is 2.51. The molecule has 0 radical (unpaired) electrons. The molecule has 25 heavy (non-hydrogen) atoms. The van der Waals surface area contributed by atoms with Gasteiger partial charge in [0, 0.05) is 17.9 Å². The summed E-state index contributed by atoms with van der Waals surface area (Å²) in [6, 6.07) is 0.241. The molecule has 134 valence electrons. The van der Waals surface area contributed by atoms with Crippen LogP contribution in [0.25, 0.3) is 0 Å². The van der Waals surface area contributed by atoms with Crippen molar-refractivity contribution in [3.05, 3.63) is 16.0 Å². The van der Waals surface area contributed by atoms with Gasteiger partial charge in [-0.1, -0.05) is 12.8 Å². The van der Waals surface area contributed by atoms with Crippen molar-refractivity contribution in [1.82, 2.24) is 5.32 Å². The highest BCUT2D eigenvalue weighted by atomic mass is 32.1. The molecule has 0 aliphatic heterocycles. The number of thiophene rings is 1. The van der Waals surface area contributed by atoms with Crippen molar-refractivity contribution in [3.8, 4) is 0 Å². The molecule has 6 nitrogen and oxygen atoms in total. The summed E-state index contributed by atoms with van der Waals surface area (Å²) in [5, 5.41) is 3.36. The molecular weight excluding hydrogens is 338 g/mol. The first-order chi connectivity index (χ1) is 11.9. The summed E-state index contributed by atoms with van der Waals surface area (Å²) in [4.78, 5) is 38.0. The predicted molar refractivity (Wildman–Crippen MR) is 95.5 cm³/mol. The summed E-state index contributed by atoms with van der Waals surface area (Å²) >= 11 is 1.19. The van der Waals surface area contributed by atoms with Crippen LogP contribution >= 0.6 is 11.3 Å². The van der Waals surface area contributed by atoms with E-state index in [0.717, 1.165) is 37.7 Å². The highest BCUT2D eigenvalue weighted by molar-refractivity contribution is 7.18. The number of nitrogens with two attached hydrogens (primary N) is 2. The molecule has 3 aliphatic rings. The lowest BCUT2D eigenvalue weighted by Crippen LogP contribution is -2.40. The zero-order valence-corrected chi connectivity index (χ0v) is 14.9. The molecule has 0 spiro atoms. The van der Waals surface area contributed by atoms with Crippen molar-refractivity contribution in [2.75, 3.05) is 5.73 Å². The minimum atomic E-state index is -0.707. The number of hydrogen-bond acceptors (Lipinski definition) is 5. The Morgan fingerprint density at radius 3 is 2.56 bits per heavy atom. The number of carbonyl (C=O) groups is 3. The average molecular weight is 361 g/mol. The lowest BCUT2D eigenvalue weighted by Gasteiger charge is -2.35. The molecule has 0 bridgehead atoms. The summed E-state index contributed by atoms with van der Waals surface area (Å²) in [6.07, 6.45) is 6.20. The van der Waals surface area contributed by atoms with Crippen LogP contribution in [0, 0.1) is 11.3 Å². The monoisotopic (exact) mass is 361 g/mol. The van der Waals surface area contributed by atoms with Crippen LogP contribution in [0.1, 0.15) is 70.5 Å². The van der Waals surface area contributed by atoms with Crippen LogP contribution in [0.3, 0.4) is 0 Å². The maximum Gasteiger partial charge on any atom is 0.254 e. The summed E-state index contributed by atoms with van der Waals surface area (Å²) in [5.41, 5.74) is 12.1. The molecule has 1 unspecified atom stereocenters. The van der Waals surface area contributed by atoms with E-state index < -0.39 is 11.3 Å². The van der Waals surface area contributed by atoms with Crippen molar-refractivity contribution in [2.24, 2.45) is 17.1 Å². The molecule has 4 rings (SSSR count). The van der Waals surface area contributed by atoms with Gasteiger partial charge >= 0.3 is 0 Å². The van der Waals surface area contributed by atoms with Crippen LogP contribution in [0.4, 0.5) is 5.00 Å². The quantitative estimate of drug-likeness (QED) is 0.719. The minimum Gasteiger partial charge on any atom is -0.390 e. The van der Waals surface area contributed by atoms with Gasteiger partial charge in [-0.2, -0.15) is 0 Å². The van der Waals surface area contributed by atoms with Gasteiger partial charge in [-0.25, -0.2) is 0 Å². The third-order valence-corrected chi connectivity index (χ3v) is 6.66. The number of amides is 2. The van der Waals surface area contributed by atoms with Gasteiger partial charge < -0.3 is 16.8 Å². The van der Waals surface area contributed by atoms with Gasteiger partial charge in [-0.15, -0.1) is 11.3 Å². The summed E-state index contributed by atoms with van der Waals surface area (Å²) in [5.74, 6) is -0.134. The summed E-state index contributed by atoms with van der Waals surface area (Å²) in [6.45, 7) is 0. The molecule has 1 heterocycles. The zero-order chi connectivity index (χ0) is 17.8. The average Bonchev–Trinajstić information content (AvgIpc) is 3.44. The van der Waals surface area contributed by atoms with E-state index in [0.29, 0.717) is 34.2 Å². The SMILES string of the molecule is NC(=O)CC1(CC2CC2)CCc2c(sc(N)c2C(=O)NC2CC2)C1=O. The molecule has 2 saturated carbocycles. The van der Waals surface area contributed by atoms with Crippen LogP contribution < -0.4 is 16.8 Å². The number of ketones is 1. The maximum atomic E-state index is 13.3. The fourth-order valence-corrected chi connectivity index (χ4v) is 5.18. The van der Waals surface area contributed by atoms with Crippen molar-refractivity contribution in [2.45, 2.75) is 57.4 Å². The fraction of sp³-hybridized carbons (Fsp3) is 0.611. The van der Waals surface area contributed by atoms with Crippen LogP contribution in [-0.2, 0) is 11.2 Å². The first-order valence-electron chi connectivity index (χ1n) is 8.95. The smallest absolute Gasteiger partial charge is 0.254 e. The molecule has 7 heteroatoms. The Hall–Kier alpha value is -1.89. The van der Waals surface area contributed by atoms with Crippen molar-refractivity contribution >= 4 is 33.9 Å². The molecule has 1 aromatic rings. The van der Waals surface area contributed by atoms with Crippen LogP contribution in [0.2, 0.25) is 0 Å². The third-order valence-electron chi connectivity index (χ3n) is 5.60. The van der Waals surface area contributed by atoms with Gasteiger partial charge in [0.2, 0.25) is 5.91 Å². The topological polar surface area (TPSA) is 115 Å². The Morgan fingerprint density at radius 2 is 1.96 bits per heavy atom. The van der Waals surface area contributed by atoms with Gasteiger partial charge in [0.15, 0.2) is 5.78 Å². The number of nitrogens with one attached hydrogen (secondary N) is 1. The number of fused-ring (bicyclic) bond motifs is 1. The highest BCUT2D eigenvalue weighted by Gasteiger charge is 2.48. The Kier molecular flexibility index (Phi) is 3.86. The maximum absolute atomic E-state index is 13.3. The van der Waals surface area contributed by atoms with E-state index in [4.69, 9.17) is 11.5 Å². The molecule has 1 atom stereocenters. The van der Waals surface area contributed by atoms with Crippen molar-refractivity contribution in [3.63, 3.8) is 0 Å². The largest absolute Gasteiger partial charge is 0.390 e. The van der Waals surface area contributed by atoms with Crippen LogP contribution in [0.15, 0.2) is 0 Å². The molecule has 1 aromatic heterocycles.